The fourth-order valence-corrected chi connectivity index (χ4v) is 3.73. The third-order valence-corrected chi connectivity index (χ3v) is 5.57. The Kier molecular flexibility index (Phi) is 6.91. The summed E-state index contributed by atoms with van der Waals surface area (Å²) in [6.07, 6.45) is 6.59. The summed E-state index contributed by atoms with van der Waals surface area (Å²) in [6, 6.07) is 3.55. The molecule has 4 rings (SSSR count). The molecule has 0 atom stereocenters. The van der Waals surface area contributed by atoms with Gasteiger partial charge < -0.3 is 24.5 Å². The van der Waals surface area contributed by atoms with E-state index in [2.05, 4.69) is 20.4 Å². The summed E-state index contributed by atoms with van der Waals surface area (Å²) in [5, 5.41) is 18.6. The zero-order valence-corrected chi connectivity index (χ0v) is 20.5. The Labute approximate surface area is 206 Å². The highest BCUT2D eigenvalue weighted by Gasteiger charge is 2.22. The minimum atomic E-state index is -0.797. The Hall–Kier alpha value is -4.41. The van der Waals surface area contributed by atoms with Crippen molar-refractivity contribution in [3.63, 3.8) is 0 Å². The van der Waals surface area contributed by atoms with E-state index in [4.69, 9.17) is 9.47 Å². The number of nitrogens with one attached hydrogen (secondary N) is 1. The number of anilines is 2. The number of halogens is 2. The molecule has 3 aromatic heterocycles. The van der Waals surface area contributed by atoms with Gasteiger partial charge in [-0.05, 0) is 31.6 Å². The van der Waals surface area contributed by atoms with Crippen LogP contribution >= 0.6 is 0 Å². The van der Waals surface area contributed by atoms with Crippen LogP contribution in [0, 0.1) is 11.6 Å². The van der Waals surface area contributed by atoms with Crippen LogP contribution in [-0.2, 0) is 23.1 Å². The van der Waals surface area contributed by atoms with Gasteiger partial charge in [0.1, 0.15) is 28.6 Å². The lowest BCUT2D eigenvalue weighted by molar-refractivity contribution is 0.274. The summed E-state index contributed by atoms with van der Waals surface area (Å²) in [6.45, 7) is 3.89. The van der Waals surface area contributed by atoms with Crippen molar-refractivity contribution < 1.29 is 23.4 Å². The minimum Gasteiger partial charge on any atom is -0.501 e. The lowest BCUT2D eigenvalue weighted by Crippen LogP contribution is -2.01. The Morgan fingerprint density at radius 2 is 1.83 bits per heavy atom. The zero-order valence-electron chi connectivity index (χ0n) is 20.5. The molecule has 3 heterocycles. The molecular weight excluding hydrogens is 470 g/mol. The molecule has 11 heteroatoms. The van der Waals surface area contributed by atoms with Crippen LogP contribution in [0.1, 0.15) is 13.8 Å². The van der Waals surface area contributed by atoms with Crippen molar-refractivity contribution in [3.05, 3.63) is 71.6 Å². The van der Waals surface area contributed by atoms with Crippen molar-refractivity contribution in [2.24, 2.45) is 7.05 Å². The van der Waals surface area contributed by atoms with Gasteiger partial charge in [0.15, 0.2) is 5.82 Å². The topological polar surface area (TPSA) is 99.3 Å². The van der Waals surface area contributed by atoms with E-state index in [-0.39, 0.29) is 35.0 Å². The van der Waals surface area contributed by atoms with Crippen LogP contribution in [0.2, 0.25) is 0 Å². The molecule has 188 valence electrons. The minimum absolute atomic E-state index is 0.126. The van der Waals surface area contributed by atoms with E-state index in [1.54, 1.807) is 62.1 Å². The van der Waals surface area contributed by atoms with Crippen LogP contribution < -0.4 is 5.32 Å². The van der Waals surface area contributed by atoms with Crippen molar-refractivity contribution in [1.29, 1.82) is 0 Å². The normalized spacial score (nSPS) is 12.6. The van der Waals surface area contributed by atoms with Gasteiger partial charge in [-0.1, -0.05) is 6.07 Å². The number of ether oxygens (including phenoxy) is 2. The number of rotatable bonds is 8. The molecular formula is C25H26F2N6O3. The van der Waals surface area contributed by atoms with E-state index in [9.17, 15) is 13.9 Å². The van der Waals surface area contributed by atoms with Gasteiger partial charge in [0.25, 0.3) is 0 Å². The monoisotopic (exact) mass is 496 g/mol. The second kappa shape index (κ2) is 10.1. The third kappa shape index (κ3) is 4.85. The van der Waals surface area contributed by atoms with E-state index in [0.29, 0.717) is 22.7 Å². The average Bonchev–Trinajstić information content (AvgIpc) is 3.39. The first-order chi connectivity index (χ1) is 17.2. The van der Waals surface area contributed by atoms with Crippen LogP contribution in [0.25, 0.3) is 22.3 Å². The second-order valence-corrected chi connectivity index (χ2v) is 8.17. The molecule has 0 fully saturated rings. The molecule has 36 heavy (non-hydrogen) atoms. The van der Waals surface area contributed by atoms with E-state index >= 15 is 0 Å². The van der Waals surface area contributed by atoms with Gasteiger partial charge in [-0.3, -0.25) is 4.68 Å². The molecule has 0 saturated carbocycles. The van der Waals surface area contributed by atoms with Crippen molar-refractivity contribution in [1.82, 2.24) is 24.3 Å². The van der Waals surface area contributed by atoms with Crippen molar-refractivity contribution in [3.8, 4) is 17.3 Å². The Morgan fingerprint density at radius 3 is 2.44 bits per heavy atom. The summed E-state index contributed by atoms with van der Waals surface area (Å²) in [5.74, 6) is -0.489. The predicted octanol–water partition coefficient (Wildman–Crippen LogP) is 5.03. The predicted molar refractivity (Wildman–Crippen MR) is 132 cm³/mol. The number of hydrogen-bond donors (Lipinski definition) is 2. The third-order valence-electron chi connectivity index (χ3n) is 5.57. The van der Waals surface area contributed by atoms with Crippen molar-refractivity contribution in [2.75, 3.05) is 19.5 Å². The quantitative estimate of drug-likeness (QED) is 0.261. The lowest BCUT2D eigenvalue weighted by Gasteiger charge is -2.11. The van der Waals surface area contributed by atoms with E-state index < -0.39 is 11.6 Å². The van der Waals surface area contributed by atoms with E-state index in [1.807, 2.05) is 6.92 Å². The van der Waals surface area contributed by atoms with Gasteiger partial charge in [0, 0.05) is 25.5 Å². The highest BCUT2D eigenvalue weighted by Crippen LogP contribution is 2.36. The molecule has 0 radical (unpaired) electrons. The molecule has 9 nitrogen and oxygen atoms in total. The number of allylic oxidation sites excluding steroid dienone is 3. The molecule has 0 aliphatic rings. The fraction of sp³-hybridized carbons (Fsp3) is 0.240. The fourth-order valence-electron chi connectivity index (χ4n) is 3.73. The summed E-state index contributed by atoms with van der Waals surface area (Å²) in [5.41, 5.74) is 1.29. The van der Waals surface area contributed by atoms with Gasteiger partial charge in [-0.15, -0.1) is 0 Å². The summed E-state index contributed by atoms with van der Waals surface area (Å²) in [7, 11) is 4.85. The number of methoxy groups -OCH3 is 2. The van der Waals surface area contributed by atoms with Crippen LogP contribution in [0.3, 0.4) is 0 Å². The smallest absolute Gasteiger partial charge is 0.204 e. The summed E-state index contributed by atoms with van der Waals surface area (Å²) >= 11 is 0. The number of fused-ring (bicyclic) bond motifs is 1. The average molecular weight is 497 g/mol. The Bertz CT molecular complexity index is 1470. The number of aromatic hydroxyl groups is 1. The SMILES string of the molecule is COC(C)=CC(OC)=C(C)Cn1cc2nc(-c3c(F)cccc3F)nc(Nc3cnn(C)c3)c2c1O. The van der Waals surface area contributed by atoms with Gasteiger partial charge in [0.05, 0.1) is 49.5 Å². The maximum atomic E-state index is 14.6. The second-order valence-electron chi connectivity index (χ2n) is 8.17. The van der Waals surface area contributed by atoms with Crippen LogP contribution in [0.15, 0.2) is 60.0 Å². The van der Waals surface area contributed by atoms with Gasteiger partial charge in [0.2, 0.25) is 5.88 Å². The first-order valence-corrected chi connectivity index (χ1v) is 11.0. The molecule has 0 unspecified atom stereocenters. The number of nitrogens with zero attached hydrogens (tertiary/aromatic N) is 5. The highest BCUT2D eigenvalue weighted by molar-refractivity contribution is 5.96. The van der Waals surface area contributed by atoms with Crippen LogP contribution in [0.4, 0.5) is 20.3 Å². The van der Waals surface area contributed by atoms with Crippen molar-refractivity contribution in [2.45, 2.75) is 20.4 Å². The number of aryl methyl sites for hydroxylation is 1. The van der Waals surface area contributed by atoms with Crippen LogP contribution in [-0.4, -0.2) is 43.6 Å². The Balaban J connectivity index is 1.88. The molecule has 2 N–H and O–H groups in total. The molecule has 0 aliphatic heterocycles. The maximum Gasteiger partial charge on any atom is 0.204 e. The molecule has 0 bridgehead atoms. The van der Waals surface area contributed by atoms with Gasteiger partial charge >= 0.3 is 0 Å². The highest BCUT2D eigenvalue weighted by atomic mass is 19.1. The van der Waals surface area contributed by atoms with Gasteiger partial charge in [-0.25, -0.2) is 18.7 Å². The molecule has 4 aromatic rings. The lowest BCUT2D eigenvalue weighted by atomic mass is 10.1. The van der Waals surface area contributed by atoms with Crippen LogP contribution in [0.5, 0.6) is 5.88 Å². The molecule has 0 spiro atoms. The molecule has 1 aromatic carbocycles. The maximum absolute atomic E-state index is 14.6. The molecule has 0 amide bonds. The number of benzene rings is 1. The summed E-state index contributed by atoms with van der Waals surface area (Å²) < 4.78 is 43.0. The first-order valence-electron chi connectivity index (χ1n) is 11.0. The largest absolute Gasteiger partial charge is 0.501 e. The Morgan fingerprint density at radius 1 is 1.11 bits per heavy atom. The first kappa shape index (κ1) is 24.7. The standard InChI is InChI=1S/C25H26F2N6O3/c1-14(20(36-5)9-15(2)35-4)11-33-13-19-22(25(33)34)24(29-16-10-28-32(3)12-16)31-23(30-19)21-17(26)7-6-8-18(21)27/h6-10,12-13,34H,11H2,1-5H3,(H,29,30,31). The zero-order chi connectivity index (χ0) is 26.0. The summed E-state index contributed by atoms with van der Waals surface area (Å²) in [4.78, 5) is 8.76. The molecule has 0 saturated heterocycles. The molecule has 0 aliphatic carbocycles. The number of aromatic nitrogens is 5. The van der Waals surface area contributed by atoms with Crippen molar-refractivity contribution >= 4 is 22.4 Å². The van der Waals surface area contributed by atoms with Gasteiger partial charge in [-0.2, -0.15) is 5.10 Å². The van der Waals surface area contributed by atoms with E-state index in [1.165, 1.54) is 6.07 Å². The number of hydrogen-bond acceptors (Lipinski definition) is 7. The van der Waals surface area contributed by atoms with E-state index in [0.717, 1.165) is 17.7 Å².